The van der Waals surface area contributed by atoms with E-state index in [9.17, 15) is 0 Å². The quantitative estimate of drug-likeness (QED) is 0.917. The van der Waals surface area contributed by atoms with E-state index in [0.717, 1.165) is 51.3 Å². The van der Waals surface area contributed by atoms with Gasteiger partial charge in [-0.1, -0.05) is 30.3 Å². The number of benzene rings is 1. The van der Waals surface area contributed by atoms with Crippen LogP contribution in [-0.2, 0) is 22.6 Å². The predicted octanol–water partition coefficient (Wildman–Crippen LogP) is 2.75. The van der Waals surface area contributed by atoms with E-state index in [0.29, 0.717) is 6.61 Å². The van der Waals surface area contributed by atoms with Gasteiger partial charge in [0.1, 0.15) is 5.82 Å². The van der Waals surface area contributed by atoms with Crippen LogP contribution >= 0.6 is 0 Å². The van der Waals surface area contributed by atoms with Gasteiger partial charge >= 0.3 is 0 Å². The molecule has 2 aliphatic heterocycles. The third-order valence-electron chi connectivity index (χ3n) is 5.22. The largest absolute Gasteiger partial charge is 0.372 e. The first-order valence-electron chi connectivity index (χ1n) is 8.84. The predicted molar refractivity (Wildman–Crippen MR) is 91.4 cm³/mol. The molecule has 128 valence electrons. The van der Waals surface area contributed by atoms with E-state index in [1.165, 1.54) is 5.56 Å². The Balaban J connectivity index is 1.43. The van der Waals surface area contributed by atoms with Gasteiger partial charge < -0.3 is 14.5 Å². The molecule has 2 fully saturated rings. The SMILES string of the molecule is c1ccc(CO[C@H]2CN(Cc3ncc[nH]3)CC[C@@]23CCCO3)cc1. The Bertz CT molecular complexity index is 623. The van der Waals surface area contributed by atoms with E-state index in [4.69, 9.17) is 9.47 Å². The molecular formula is C19H25N3O2. The minimum Gasteiger partial charge on any atom is -0.372 e. The summed E-state index contributed by atoms with van der Waals surface area (Å²) in [7, 11) is 0. The van der Waals surface area contributed by atoms with Crippen LogP contribution in [0.4, 0.5) is 0 Å². The van der Waals surface area contributed by atoms with Crippen molar-refractivity contribution < 1.29 is 9.47 Å². The molecule has 0 radical (unpaired) electrons. The summed E-state index contributed by atoms with van der Waals surface area (Å²) in [6.45, 7) is 4.28. The summed E-state index contributed by atoms with van der Waals surface area (Å²) >= 11 is 0. The van der Waals surface area contributed by atoms with Gasteiger partial charge in [0.25, 0.3) is 0 Å². The molecule has 1 spiro atoms. The standard InChI is InChI=1S/C19H25N3O2/c1-2-5-16(6-3-1)15-23-17-13-22(14-18-20-9-10-21-18)11-8-19(17)7-4-12-24-19/h1-3,5-6,9-10,17H,4,7-8,11-15H2,(H,20,21)/t17-,19-/m0/s1. The van der Waals surface area contributed by atoms with Crippen molar-refractivity contribution in [1.82, 2.24) is 14.9 Å². The first-order valence-corrected chi connectivity index (χ1v) is 8.84. The fourth-order valence-corrected chi connectivity index (χ4v) is 3.89. The number of hydrogen-bond donors (Lipinski definition) is 1. The molecule has 0 amide bonds. The second kappa shape index (κ2) is 7.05. The zero-order valence-electron chi connectivity index (χ0n) is 14.0. The molecule has 0 aliphatic carbocycles. The molecule has 0 saturated carbocycles. The zero-order chi connectivity index (χ0) is 16.2. The van der Waals surface area contributed by atoms with E-state index >= 15 is 0 Å². The molecule has 1 aromatic carbocycles. The van der Waals surface area contributed by atoms with Gasteiger partial charge in [-0.3, -0.25) is 4.90 Å². The van der Waals surface area contributed by atoms with Crippen LogP contribution in [0.5, 0.6) is 0 Å². The van der Waals surface area contributed by atoms with E-state index in [1.54, 1.807) is 0 Å². The molecule has 1 aromatic heterocycles. The highest BCUT2D eigenvalue weighted by Crippen LogP contribution is 2.38. The Hall–Kier alpha value is -1.69. The Morgan fingerprint density at radius 1 is 1.29 bits per heavy atom. The number of piperidine rings is 1. The van der Waals surface area contributed by atoms with Crippen LogP contribution in [0.2, 0.25) is 0 Å². The third-order valence-corrected chi connectivity index (χ3v) is 5.22. The average Bonchev–Trinajstić information content (AvgIpc) is 3.29. The molecule has 4 rings (SSSR count). The highest BCUT2D eigenvalue weighted by Gasteiger charge is 2.47. The minimum absolute atomic E-state index is 0.0888. The lowest BCUT2D eigenvalue weighted by Crippen LogP contribution is -2.56. The second-order valence-electron chi connectivity index (χ2n) is 6.82. The number of likely N-dealkylation sites (tertiary alicyclic amines) is 1. The van der Waals surface area contributed by atoms with Crippen molar-refractivity contribution in [3.05, 3.63) is 54.1 Å². The molecule has 2 aliphatic rings. The molecule has 5 nitrogen and oxygen atoms in total. The Labute approximate surface area is 143 Å². The normalized spacial score (nSPS) is 27.8. The summed E-state index contributed by atoms with van der Waals surface area (Å²) < 4.78 is 12.5. The number of hydrogen-bond acceptors (Lipinski definition) is 4. The van der Waals surface area contributed by atoms with Gasteiger partial charge in [-0.05, 0) is 24.8 Å². The Morgan fingerprint density at radius 3 is 2.96 bits per heavy atom. The van der Waals surface area contributed by atoms with E-state index < -0.39 is 0 Å². The van der Waals surface area contributed by atoms with Crippen LogP contribution in [0, 0.1) is 0 Å². The van der Waals surface area contributed by atoms with Gasteiger partial charge in [0, 0.05) is 32.1 Å². The van der Waals surface area contributed by atoms with Crippen LogP contribution in [-0.4, -0.2) is 46.3 Å². The summed E-state index contributed by atoms with van der Waals surface area (Å²) in [5.41, 5.74) is 1.13. The molecule has 2 atom stereocenters. The van der Waals surface area contributed by atoms with Crippen LogP contribution < -0.4 is 0 Å². The molecule has 0 bridgehead atoms. The number of rotatable bonds is 5. The summed E-state index contributed by atoms with van der Waals surface area (Å²) in [5.74, 6) is 1.01. The maximum Gasteiger partial charge on any atom is 0.120 e. The Kier molecular flexibility index (Phi) is 4.65. The van der Waals surface area contributed by atoms with Gasteiger partial charge in [-0.2, -0.15) is 0 Å². The summed E-state index contributed by atoms with van der Waals surface area (Å²) in [6.07, 6.45) is 7.09. The summed E-state index contributed by atoms with van der Waals surface area (Å²) in [4.78, 5) is 9.96. The zero-order valence-corrected chi connectivity index (χ0v) is 14.0. The molecule has 2 saturated heterocycles. The maximum atomic E-state index is 6.36. The number of ether oxygens (including phenoxy) is 2. The number of aromatic amines is 1. The monoisotopic (exact) mass is 327 g/mol. The minimum atomic E-state index is -0.0888. The molecule has 1 N–H and O–H groups in total. The van der Waals surface area contributed by atoms with Gasteiger partial charge in [-0.15, -0.1) is 0 Å². The Morgan fingerprint density at radius 2 is 2.21 bits per heavy atom. The molecule has 2 aromatic rings. The van der Waals surface area contributed by atoms with Gasteiger partial charge in [0.2, 0.25) is 0 Å². The van der Waals surface area contributed by atoms with Crippen molar-refractivity contribution >= 4 is 0 Å². The van der Waals surface area contributed by atoms with Crippen LogP contribution in [0.3, 0.4) is 0 Å². The number of nitrogens with zero attached hydrogens (tertiary/aromatic N) is 2. The van der Waals surface area contributed by atoms with Crippen molar-refractivity contribution in [2.75, 3.05) is 19.7 Å². The first-order chi connectivity index (χ1) is 11.8. The summed E-state index contributed by atoms with van der Waals surface area (Å²) in [5, 5.41) is 0. The molecular weight excluding hydrogens is 302 g/mol. The first kappa shape index (κ1) is 15.8. The number of imidazole rings is 1. The van der Waals surface area contributed by atoms with Gasteiger partial charge in [-0.25, -0.2) is 4.98 Å². The van der Waals surface area contributed by atoms with Crippen molar-refractivity contribution in [3.8, 4) is 0 Å². The van der Waals surface area contributed by atoms with E-state index in [-0.39, 0.29) is 11.7 Å². The van der Waals surface area contributed by atoms with Crippen molar-refractivity contribution in [2.45, 2.75) is 44.1 Å². The lowest BCUT2D eigenvalue weighted by molar-refractivity contribution is -0.159. The maximum absolute atomic E-state index is 6.36. The number of aromatic nitrogens is 2. The van der Waals surface area contributed by atoms with Gasteiger partial charge in [0.15, 0.2) is 0 Å². The average molecular weight is 327 g/mol. The smallest absolute Gasteiger partial charge is 0.120 e. The fourth-order valence-electron chi connectivity index (χ4n) is 3.89. The van der Waals surface area contributed by atoms with Crippen molar-refractivity contribution in [3.63, 3.8) is 0 Å². The van der Waals surface area contributed by atoms with Gasteiger partial charge in [0.05, 0.1) is 24.9 Å². The summed E-state index contributed by atoms with van der Waals surface area (Å²) in [6, 6.07) is 10.4. The topological polar surface area (TPSA) is 50.4 Å². The second-order valence-corrected chi connectivity index (χ2v) is 6.82. The lowest BCUT2D eigenvalue weighted by atomic mass is 9.85. The number of H-pyrrole nitrogens is 1. The molecule has 24 heavy (non-hydrogen) atoms. The molecule has 0 unspecified atom stereocenters. The highest BCUT2D eigenvalue weighted by molar-refractivity contribution is 5.13. The van der Waals surface area contributed by atoms with Crippen molar-refractivity contribution in [1.29, 1.82) is 0 Å². The van der Waals surface area contributed by atoms with E-state index in [1.807, 2.05) is 18.5 Å². The number of nitrogens with one attached hydrogen (secondary N) is 1. The van der Waals surface area contributed by atoms with Crippen molar-refractivity contribution in [2.24, 2.45) is 0 Å². The van der Waals surface area contributed by atoms with Crippen LogP contribution in [0.25, 0.3) is 0 Å². The third kappa shape index (κ3) is 3.38. The van der Waals surface area contributed by atoms with E-state index in [2.05, 4.69) is 39.1 Å². The van der Waals surface area contributed by atoms with Crippen LogP contribution in [0.15, 0.2) is 42.7 Å². The molecule has 3 heterocycles. The fraction of sp³-hybridized carbons (Fsp3) is 0.526. The highest BCUT2D eigenvalue weighted by atomic mass is 16.6. The molecule has 5 heteroatoms. The lowest BCUT2D eigenvalue weighted by Gasteiger charge is -2.44. The van der Waals surface area contributed by atoms with Crippen LogP contribution in [0.1, 0.15) is 30.7 Å².